The highest BCUT2D eigenvalue weighted by molar-refractivity contribution is 6.36. The van der Waals surface area contributed by atoms with E-state index in [1.165, 1.54) is 6.20 Å². The minimum absolute atomic E-state index is 0.0871. The molecule has 120 valence electrons. The molecule has 0 spiro atoms. The lowest BCUT2D eigenvalue weighted by molar-refractivity contribution is 0.0526. The van der Waals surface area contributed by atoms with Gasteiger partial charge in [-0.15, -0.1) is 0 Å². The minimum Gasteiger partial charge on any atom is -0.462 e. The average Bonchev–Trinajstić information content (AvgIpc) is 2.46. The van der Waals surface area contributed by atoms with Gasteiger partial charge in [0.2, 0.25) is 0 Å². The van der Waals surface area contributed by atoms with Crippen LogP contribution < -0.4 is 5.32 Å². The number of nitrogens with zero attached hydrogens (tertiary/aromatic N) is 1. The van der Waals surface area contributed by atoms with E-state index < -0.39 is 5.97 Å². The molecule has 8 heteroatoms. The number of anilines is 2. The van der Waals surface area contributed by atoms with E-state index >= 15 is 0 Å². The molecule has 1 heterocycles. The standard InChI is InChI=1S/C15H12Cl3N3O2/c1-2-23-15(22)12-7-20-14(11(6-19)13(12)18)21-10-4-8(16)3-9(17)5-10/h3-7,19H,2H2,1H3,(H,20,21). The van der Waals surface area contributed by atoms with E-state index in [1.807, 2.05) is 0 Å². The quantitative estimate of drug-likeness (QED) is 0.574. The van der Waals surface area contributed by atoms with Gasteiger partial charge in [-0.05, 0) is 25.1 Å². The number of benzene rings is 1. The first-order chi connectivity index (χ1) is 11.0. The van der Waals surface area contributed by atoms with Crippen molar-refractivity contribution in [2.75, 3.05) is 11.9 Å². The lowest BCUT2D eigenvalue weighted by atomic mass is 10.2. The molecule has 0 saturated carbocycles. The van der Waals surface area contributed by atoms with Crippen LogP contribution in [0.2, 0.25) is 15.1 Å². The zero-order valence-electron chi connectivity index (χ0n) is 12.0. The fourth-order valence-corrected chi connectivity index (χ4v) is 2.65. The van der Waals surface area contributed by atoms with Crippen LogP contribution in [-0.4, -0.2) is 23.8 Å². The Morgan fingerprint density at radius 3 is 2.52 bits per heavy atom. The predicted molar refractivity (Wildman–Crippen MR) is 92.8 cm³/mol. The Kier molecular flexibility index (Phi) is 5.82. The fraction of sp³-hybridized carbons (Fsp3) is 0.133. The summed E-state index contributed by atoms with van der Waals surface area (Å²) in [5.41, 5.74) is 0.938. The van der Waals surface area contributed by atoms with Crippen molar-refractivity contribution in [1.82, 2.24) is 4.98 Å². The van der Waals surface area contributed by atoms with Crippen LogP contribution in [0, 0.1) is 5.41 Å². The van der Waals surface area contributed by atoms with Crippen LogP contribution in [0.5, 0.6) is 0 Å². The van der Waals surface area contributed by atoms with Crippen molar-refractivity contribution in [3.05, 3.63) is 50.6 Å². The Hall–Kier alpha value is -1.82. The monoisotopic (exact) mass is 371 g/mol. The third kappa shape index (κ3) is 4.13. The molecule has 0 saturated heterocycles. The fourth-order valence-electron chi connectivity index (χ4n) is 1.85. The molecule has 1 aromatic heterocycles. The van der Waals surface area contributed by atoms with Gasteiger partial charge in [0.25, 0.3) is 0 Å². The number of nitrogens with one attached hydrogen (secondary N) is 2. The van der Waals surface area contributed by atoms with Gasteiger partial charge in [-0.1, -0.05) is 34.8 Å². The summed E-state index contributed by atoms with van der Waals surface area (Å²) in [5.74, 6) is -0.290. The Balaban J connectivity index is 2.41. The zero-order chi connectivity index (χ0) is 17.0. The van der Waals surface area contributed by atoms with Crippen LogP contribution in [0.1, 0.15) is 22.8 Å². The third-order valence-corrected chi connectivity index (χ3v) is 3.66. The molecular formula is C15H12Cl3N3O2. The molecule has 0 aliphatic heterocycles. The summed E-state index contributed by atoms with van der Waals surface area (Å²) < 4.78 is 4.90. The number of carbonyl (C=O) groups is 1. The molecule has 5 nitrogen and oxygen atoms in total. The lowest BCUT2D eigenvalue weighted by Crippen LogP contribution is -2.09. The van der Waals surface area contributed by atoms with E-state index in [9.17, 15) is 4.79 Å². The highest BCUT2D eigenvalue weighted by atomic mass is 35.5. The molecule has 23 heavy (non-hydrogen) atoms. The number of pyridine rings is 1. The first kappa shape index (κ1) is 17.5. The van der Waals surface area contributed by atoms with E-state index in [0.717, 1.165) is 6.21 Å². The Morgan fingerprint density at radius 1 is 1.30 bits per heavy atom. The van der Waals surface area contributed by atoms with Crippen LogP contribution in [0.3, 0.4) is 0 Å². The smallest absolute Gasteiger partial charge is 0.341 e. The Morgan fingerprint density at radius 2 is 1.96 bits per heavy atom. The summed E-state index contributed by atoms with van der Waals surface area (Å²) in [6.45, 7) is 1.91. The third-order valence-electron chi connectivity index (χ3n) is 2.82. The maximum Gasteiger partial charge on any atom is 0.341 e. The van der Waals surface area contributed by atoms with Gasteiger partial charge in [0.05, 0.1) is 22.8 Å². The average molecular weight is 373 g/mol. The number of esters is 1. The minimum atomic E-state index is -0.592. The van der Waals surface area contributed by atoms with Crippen molar-refractivity contribution in [1.29, 1.82) is 5.41 Å². The maximum atomic E-state index is 11.8. The second-order valence-electron chi connectivity index (χ2n) is 4.40. The van der Waals surface area contributed by atoms with Crippen molar-refractivity contribution >= 4 is 58.5 Å². The van der Waals surface area contributed by atoms with Crippen molar-refractivity contribution in [2.24, 2.45) is 0 Å². The molecule has 0 unspecified atom stereocenters. The van der Waals surface area contributed by atoms with Crippen LogP contribution in [0.15, 0.2) is 24.4 Å². The normalized spacial score (nSPS) is 10.3. The van der Waals surface area contributed by atoms with Gasteiger partial charge in [-0.3, -0.25) is 0 Å². The van der Waals surface area contributed by atoms with Gasteiger partial charge >= 0.3 is 5.97 Å². The molecule has 2 aromatic rings. The molecular weight excluding hydrogens is 361 g/mol. The maximum absolute atomic E-state index is 11.8. The van der Waals surface area contributed by atoms with Gasteiger partial charge in [0.15, 0.2) is 0 Å². The summed E-state index contributed by atoms with van der Waals surface area (Å²) in [5, 5.41) is 11.5. The van der Waals surface area contributed by atoms with Crippen LogP contribution >= 0.6 is 34.8 Å². The second-order valence-corrected chi connectivity index (χ2v) is 5.65. The van der Waals surface area contributed by atoms with Crippen LogP contribution in [0.4, 0.5) is 11.5 Å². The van der Waals surface area contributed by atoms with Crippen molar-refractivity contribution in [3.8, 4) is 0 Å². The van der Waals surface area contributed by atoms with Crippen molar-refractivity contribution in [2.45, 2.75) is 6.92 Å². The number of rotatable bonds is 5. The lowest BCUT2D eigenvalue weighted by Gasteiger charge is -2.12. The molecule has 0 bridgehead atoms. The molecule has 1 aromatic carbocycles. The molecule has 0 radical (unpaired) electrons. The molecule has 0 amide bonds. The molecule has 0 aliphatic carbocycles. The topological polar surface area (TPSA) is 75.1 Å². The molecule has 0 atom stereocenters. The first-order valence-corrected chi connectivity index (χ1v) is 7.68. The number of hydrogen-bond acceptors (Lipinski definition) is 5. The highest BCUT2D eigenvalue weighted by Gasteiger charge is 2.18. The van der Waals surface area contributed by atoms with Crippen LogP contribution in [-0.2, 0) is 4.74 Å². The van der Waals surface area contributed by atoms with Crippen molar-refractivity contribution in [3.63, 3.8) is 0 Å². The summed E-state index contributed by atoms with van der Waals surface area (Å²) >= 11 is 18.1. The van der Waals surface area contributed by atoms with Gasteiger partial charge < -0.3 is 15.5 Å². The largest absolute Gasteiger partial charge is 0.462 e. The van der Waals surface area contributed by atoms with Gasteiger partial charge in [-0.25, -0.2) is 9.78 Å². The van der Waals surface area contributed by atoms with E-state index in [2.05, 4.69) is 10.3 Å². The zero-order valence-corrected chi connectivity index (χ0v) is 14.3. The van der Waals surface area contributed by atoms with E-state index in [-0.39, 0.29) is 22.8 Å². The summed E-state index contributed by atoms with van der Waals surface area (Å²) in [4.78, 5) is 15.9. The van der Waals surface area contributed by atoms with E-state index in [4.69, 9.17) is 44.9 Å². The molecule has 2 N–H and O–H groups in total. The Labute approximate surface area is 148 Å². The van der Waals surface area contributed by atoms with E-state index in [1.54, 1.807) is 25.1 Å². The molecule has 2 rings (SSSR count). The van der Waals surface area contributed by atoms with Crippen LogP contribution in [0.25, 0.3) is 0 Å². The van der Waals surface area contributed by atoms with Gasteiger partial charge in [-0.2, -0.15) is 0 Å². The van der Waals surface area contributed by atoms with Gasteiger partial charge in [0.1, 0.15) is 5.82 Å². The molecule has 0 fully saturated rings. The molecule has 0 aliphatic rings. The van der Waals surface area contributed by atoms with E-state index in [0.29, 0.717) is 21.6 Å². The SMILES string of the molecule is CCOC(=O)c1cnc(Nc2cc(Cl)cc(Cl)c2)c(C=N)c1Cl. The first-order valence-electron chi connectivity index (χ1n) is 6.55. The summed E-state index contributed by atoms with van der Waals surface area (Å²) in [6.07, 6.45) is 2.30. The summed E-state index contributed by atoms with van der Waals surface area (Å²) in [6, 6.07) is 4.89. The summed E-state index contributed by atoms with van der Waals surface area (Å²) in [7, 11) is 0. The number of halogens is 3. The number of aromatic nitrogens is 1. The van der Waals surface area contributed by atoms with Crippen molar-refractivity contribution < 1.29 is 9.53 Å². The second kappa shape index (κ2) is 7.64. The Bertz CT molecular complexity index is 746. The van der Waals surface area contributed by atoms with Gasteiger partial charge in [0, 0.05) is 28.1 Å². The predicted octanol–water partition coefficient (Wildman–Crippen LogP) is 4.96. The number of carbonyl (C=O) groups excluding carboxylic acids is 1. The number of ether oxygens (including phenoxy) is 1. The highest BCUT2D eigenvalue weighted by Crippen LogP contribution is 2.29. The number of hydrogen-bond donors (Lipinski definition) is 2.